The summed E-state index contributed by atoms with van der Waals surface area (Å²) in [6.07, 6.45) is 4.41. The van der Waals surface area contributed by atoms with Crippen LogP contribution in [0.4, 0.5) is 0 Å². The van der Waals surface area contributed by atoms with Crippen molar-refractivity contribution in [1.29, 1.82) is 0 Å². The Labute approximate surface area is 114 Å². The highest BCUT2D eigenvalue weighted by molar-refractivity contribution is 5.07. The van der Waals surface area contributed by atoms with Gasteiger partial charge in [-0.1, -0.05) is 6.92 Å². The van der Waals surface area contributed by atoms with Gasteiger partial charge in [-0.2, -0.15) is 0 Å². The third-order valence-electron chi connectivity index (χ3n) is 3.55. The molecule has 2 rings (SSSR count). The predicted molar refractivity (Wildman–Crippen MR) is 74.6 cm³/mol. The summed E-state index contributed by atoms with van der Waals surface area (Å²) in [6, 6.07) is 0. The third kappa shape index (κ3) is 3.15. The van der Waals surface area contributed by atoms with Crippen LogP contribution < -0.4 is 15.6 Å². The minimum Gasteiger partial charge on any atom is -0.469 e. The van der Waals surface area contributed by atoms with E-state index in [0.29, 0.717) is 5.92 Å². The zero-order valence-electron chi connectivity index (χ0n) is 12.1. The van der Waals surface area contributed by atoms with Crippen molar-refractivity contribution < 1.29 is 4.74 Å². The smallest absolute Gasteiger partial charge is 0.313 e. The first kappa shape index (κ1) is 14.1. The average molecular weight is 265 g/mol. The van der Waals surface area contributed by atoms with Crippen LogP contribution in [-0.4, -0.2) is 28.7 Å². The highest BCUT2D eigenvalue weighted by Gasteiger charge is 2.25. The van der Waals surface area contributed by atoms with Crippen molar-refractivity contribution in [3.05, 3.63) is 22.7 Å². The molecule has 0 amide bonds. The molecule has 1 aliphatic heterocycles. The SMILES string of the molecule is CC1CCNCC1Oc1nccn(C(C)(C)C)c1=O. The van der Waals surface area contributed by atoms with Crippen LogP contribution >= 0.6 is 0 Å². The fourth-order valence-corrected chi connectivity index (χ4v) is 2.27. The van der Waals surface area contributed by atoms with Gasteiger partial charge in [0.1, 0.15) is 6.10 Å². The lowest BCUT2D eigenvalue weighted by Gasteiger charge is -2.30. The van der Waals surface area contributed by atoms with Gasteiger partial charge in [0.25, 0.3) is 5.88 Å². The molecule has 1 aromatic heterocycles. The first-order valence-corrected chi connectivity index (χ1v) is 6.85. The summed E-state index contributed by atoms with van der Waals surface area (Å²) >= 11 is 0. The zero-order valence-corrected chi connectivity index (χ0v) is 12.1. The molecule has 5 nitrogen and oxygen atoms in total. The van der Waals surface area contributed by atoms with E-state index in [1.165, 1.54) is 0 Å². The number of piperidine rings is 1. The van der Waals surface area contributed by atoms with E-state index in [0.717, 1.165) is 19.5 Å². The van der Waals surface area contributed by atoms with Crippen LogP contribution in [0.3, 0.4) is 0 Å². The van der Waals surface area contributed by atoms with E-state index in [1.54, 1.807) is 17.0 Å². The van der Waals surface area contributed by atoms with E-state index < -0.39 is 0 Å². The molecule has 106 valence electrons. The molecule has 2 unspecified atom stereocenters. The lowest BCUT2D eigenvalue weighted by molar-refractivity contribution is 0.106. The summed E-state index contributed by atoms with van der Waals surface area (Å²) in [6.45, 7) is 9.90. The summed E-state index contributed by atoms with van der Waals surface area (Å²) in [4.78, 5) is 16.4. The molecule has 0 aromatic carbocycles. The van der Waals surface area contributed by atoms with Crippen molar-refractivity contribution in [1.82, 2.24) is 14.9 Å². The van der Waals surface area contributed by atoms with Gasteiger partial charge >= 0.3 is 5.56 Å². The summed E-state index contributed by atoms with van der Waals surface area (Å²) in [5.41, 5.74) is -0.429. The van der Waals surface area contributed by atoms with Gasteiger partial charge in [0.05, 0.1) is 0 Å². The molecule has 2 heterocycles. The summed E-state index contributed by atoms with van der Waals surface area (Å²) in [5, 5.41) is 3.29. The molecule has 0 aliphatic carbocycles. The highest BCUT2D eigenvalue weighted by atomic mass is 16.5. The second-order valence-electron chi connectivity index (χ2n) is 6.20. The molecule has 5 heteroatoms. The van der Waals surface area contributed by atoms with Gasteiger partial charge in [-0.15, -0.1) is 0 Å². The summed E-state index contributed by atoms with van der Waals surface area (Å²) in [5.74, 6) is 0.642. The minimum absolute atomic E-state index is 0.0183. The molecule has 0 bridgehead atoms. The lowest BCUT2D eigenvalue weighted by Crippen LogP contribution is -2.44. The number of ether oxygens (including phenoxy) is 1. The van der Waals surface area contributed by atoms with Gasteiger partial charge in [0, 0.05) is 24.5 Å². The van der Waals surface area contributed by atoms with Crippen molar-refractivity contribution >= 4 is 0 Å². The van der Waals surface area contributed by atoms with Crippen LogP contribution in [0.25, 0.3) is 0 Å². The summed E-state index contributed by atoms with van der Waals surface area (Å²) < 4.78 is 7.49. The van der Waals surface area contributed by atoms with Crippen molar-refractivity contribution in [2.24, 2.45) is 5.92 Å². The normalized spacial score (nSPS) is 24.2. The fourth-order valence-electron chi connectivity index (χ4n) is 2.27. The second-order valence-corrected chi connectivity index (χ2v) is 6.20. The number of nitrogens with zero attached hydrogens (tertiary/aromatic N) is 2. The third-order valence-corrected chi connectivity index (χ3v) is 3.55. The van der Waals surface area contributed by atoms with Crippen LogP contribution in [0.1, 0.15) is 34.1 Å². The van der Waals surface area contributed by atoms with Crippen LogP contribution in [0, 0.1) is 5.92 Å². The summed E-state index contributed by atoms with van der Waals surface area (Å²) in [7, 11) is 0. The Hall–Kier alpha value is -1.36. The molecule has 1 N–H and O–H groups in total. The molecule has 2 atom stereocenters. The van der Waals surface area contributed by atoms with Gasteiger partial charge in [-0.3, -0.25) is 4.79 Å². The van der Waals surface area contributed by atoms with E-state index in [9.17, 15) is 4.79 Å². The number of hydrogen-bond acceptors (Lipinski definition) is 4. The fraction of sp³-hybridized carbons (Fsp3) is 0.714. The maximum absolute atomic E-state index is 12.4. The van der Waals surface area contributed by atoms with E-state index in [-0.39, 0.29) is 23.1 Å². The van der Waals surface area contributed by atoms with E-state index >= 15 is 0 Å². The Kier molecular flexibility index (Phi) is 3.94. The van der Waals surface area contributed by atoms with Crippen molar-refractivity contribution in [2.45, 2.75) is 45.8 Å². The largest absolute Gasteiger partial charge is 0.469 e. The highest BCUT2D eigenvalue weighted by Crippen LogP contribution is 2.17. The van der Waals surface area contributed by atoms with Crippen LogP contribution in [-0.2, 0) is 5.54 Å². The zero-order chi connectivity index (χ0) is 14.0. The number of hydrogen-bond donors (Lipinski definition) is 1. The molecule has 0 saturated carbocycles. The predicted octanol–water partition coefficient (Wildman–Crippen LogP) is 1.38. The quantitative estimate of drug-likeness (QED) is 0.877. The van der Waals surface area contributed by atoms with E-state index in [4.69, 9.17) is 4.74 Å². The van der Waals surface area contributed by atoms with Crippen molar-refractivity contribution in [2.75, 3.05) is 13.1 Å². The topological polar surface area (TPSA) is 56.1 Å². The minimum atomic E-state index is -0.269. The molecule has 0 radical (unpaired) electrons. The molecule has 1 aromatic rings. The maximum atomic E-state index is 12.4. The molecule has 19 heavy (non-hydrogen) atoms. The Morgan fingerprint density at radius 2 is 2.21 bits per heavy atom. The number of rotatable bonds is 2. The Morgan fingerprint density at radius 1 is 1.47 bits per heavy atom. The van der Waals surface area contributed by atoms with Crippen molar-refractivity contribution in [3.8, 4) is 5.88 Å². The number of aromatic nitrogens is 2. The van der Waals surface area contributed by atoms with E-state index in [1.807, 2.05) is 20.8 Å². The Morgan fingerprint density at radius 3 is 2.84 bits per heavy atom. The monoisotopic (exact) mass is 265 g/mol. The van der Waals surface area contributed by atoms with Crippen LogP contribution in [0.15, 0.2) is 17.2 Å². The van der Waals surface area contributed by atoms with E-state index in [2.05, 4.69) is 17.2 Å². The lowest BCUT2D eigenvalue weighted by atomic mass is 9.97. The first-order chi connectivity index (χ1) is 8.89. The van der Waals surface area contributed by atoms with Gasteiger partial charge in [0.15, 0.2) is 0 Å². The number of nitrogens with one attached hydrogen (secondary N) is 1. The Balaban J connectivity index is 2.24. The molecule has 1 fully saturated rings. The molecular formula is C14H23N3O2. The maximum Gasteiger partial charge on any atom is 0.313 e. The van der Waals surface area contributed by atoms with Gasteiger partial charge in [0.2, 0.25) is 0 Å². The van der Waals surface area contributed by atoms with Crippen molar-refractivity contribution in [3.63, 3.8) is 0 Å². The van der Waals surface area contributed by atoms with Gasteiger partial charge in [-0.25, -0.2) is 4.98 Å². The van der Waals surface area contributed by atoms with Crippen LogP contribution in [0.2, 0.25) is 0 Å². The molecule has 0 spiro atoms. The van der Waals surface area contributed by atoms with Crippen LogP contribution in [0.5, 0.6) is 5.88 Å². The molecular weight excluding hydrogens is 242 g/mol. The Bertz CT molecular complexity index is 490. The molecule has 1 saturated heterocycles. The second kappa shape index (κ2) is 5.33. The van der Waals surface area contributed by atoms with Gasteiger partial charge < -0.3 is 14.6 Å². The standard InChI is InChI=1S/C14H23N3O2/c1-10-5-6-15-9-11(10)19-12-13(18)17(8-7-16-12)14(2,3)4/h7-8,10-11,15H,5-6,9H2,1-4H3. The van der Waals surface area contributed by atoms with Gasteiger partial charge in [-0.05, 0) is 39.7 Å². The average Bonchev–Trinajstić information content (AvgIpc) is 2.33. The molecule has 1 aliphatic rings. The first-order valence-electron chi connectivity index (χ1n) is 6.85.